The van der Waals surface area contributed by atoms with E-state index in [9.17, 15) is 8.42 Å². The van der Waals surface area contributed by atoms with Crippen molar-refractivity contribution in [2.75, 3.05) is 0 Å². The molecule has 3 aliphatic rings. The molecule has 3 fully saturated rings. The minimum atomic E-state index is -3.32. The van der Waals surface area contributed by atoms with E-state index in [1.165, 1.54) is 0 Å². The van der Waals surface area contributed by atoms with Crippen molar-refractivity contribution in [1.29, 1.82) is 0 Å². The fourth-order valence-electron chi connectivity index (χ4n) is 4.55. The molecule has 1 aliphatic heterocycles. The van der Waals surface area contributed by atoms with Crippen molar-refractivity contribution in [1.82, 2.24) is 0 Å². The molecule has 0 aromatic carbocycles. The summed E-state index contributed by atoms with van der Waals surface area (Å²) in [4.78, 5) is 0. The van der Waals surface area contributed by atoms with Crippen LogP contribution in [-0.2, 0) is 14.3 Å². The molecule has 2 saturated carbocycles. The van der Waals surface area contributed by atoms with E-state index < -0.39 is 15.7 Å². The lowest BCUT2D eigenvalue weighted by atomic mass is 9.66. The first kappa shape index (κ1) is 10.1. The Kier molecular flexibility index (Phi) is 1.44. The van der Waals surface area contributed by atoms with Gasteiger partial charge in [-0.15, -0.1) is 0 Å². The normalized spacial score (nSPS) is 65.1. The van der Waals surface area contributed by atoms with Crippen LogP contribution in [0, 0.1) is 16.7 Å². The third kappa shape index (κ3) is 0.792. The Hall–Kier alpha value is -0.0900. The van der Waals surface area contributed by atoms with Gasteiger partial charge in [-0.3, -0.25) is 4.18 Å². The van der Waals surface area contributed by atoms with Crippen LogP contribution in [0.15, 0.2) is 0 Å². The van der Waals surface area contributed by atoms with Gasteiger partial charge in [0.25, 0.3) is 10.1 Å². The highest BCUT2D eigenvalue weighted by Gasteiger charge is 2.79. The predicted octanol–water partition coefficient (Wildman–Crippen LogP) is 1.93. The van der Waals surface area contributed by atoms with Crippen molar-refractivity contribution in [3.05, 3.63) is 0 Å². The van der Waals surface area contributed by atoms with Crippen LogP contribution in [0.4, 0.5) is 0 Å². The maximum atomic E-state index is 12.0. The average Bonchev–Trinajstić information content (AvgIpc) is 2.47. The van der Waals surface area contributed by atoms with Gasteiger partial charge in [0.05, 0.1) is 10.9 Å². The van der Waals surface area contributed by atoms with Gasteiger partial charge >= 0.3 is 0 Å². The van der Waals surface area contributed by atoms with Crippen molar-refractivity contribution >= 4 is 10.1 Å². The van der Waals surface area contributed by atoms with Gasteiger partial charge in [-0.25, -0.2) is 0 Å². The van der Waals surface area contributed by atoms with Crippen LogP contribution >= 0.6 is 0 Å². The topological polar surface area (TPSA) is 43.4 Å². The Bertz CT molecular complexity index is 441. The zero-order valence-electron chi connectivity index (χ0n) is 9.70. The molecular formula is C11H18O3S. The molecule has 3 rings (SSSR count). The Morgan fingerprint density at radius 2 is 1.87 bits per heavy atom. The molecule has 86 valence electrons. The Morgan fingerprint density at radius 1 is 1.27 bits per heavy atom. The summed E-state index contributed by atoms with van der Waals surface area (Å²) in [6.07, 6.45) is 1.77. The van der Waals surface area contributed by atoms with Gasteiger partial charge < -0.3 is 0 Å². The quantitative estimate of drug-likeness (QED) is 0.597. The van der Waals surface area contributed by atoms with Gasteiger partial charge in [0, 0.05) is 5.41 Å². The van der Waals surface area contributed by atoms with Crippen molar-refractivity contribution < 1.29 is 12.6 Å². The molecule has 0 aromatic heterocycles. The van der Waals surface area contributed by atoms with E-state index in [4.69, 9.17) is 4.18 Å². The van der Waals surface area contributed by atoms with Crippen molar-refractivity contribution in [3.8, 4) is 0 Å². The molecule has 1 saturated heterocycles. The maximum absolute atomic E-state index is 12.0. The van der Waals surface area contributed by atoms with Gasteiger partial charge in [-0.1, -0.05) is 20.8 Å². The maximum Gasteiger partial charge on any atom is 0.271 e. The third-order valence-corrected chi connectivity index (χ3v) is 7.74. The Balaban J connectivity index is 2.29. The molecule has 0 spiro atoms. The van der Waals surface area contributed by atoms with Gasteiger partial charge in [-0.2, -0.15) is 8.42 Å². The number of fused-ring (bicyclic) bond motifs is 1. The predicted molar refractivity (Wildman–Crippen MR) is 56.8 cm³/mol. The lowest BCUT2D eigenvalue weighted by Crippen LogP contribution is -2.47. The van der Waals surface area contributed by atoms with E-state index in [1.807, 2.05) is 6.92 Å². The first-order valence-electron chi connectivity index (χ1n) is 5.60. The van der Waals surface area contributed by atoms with Crippen LogP contribution in [0.1, 0.15) is 40.5 Å². The first-order chi connectivity index (χ1) is 6.66. The summed E-state index contributed by atoms with van der Waals surface area (Å²) in [6, 6.07) is 0. The molecule has 4 heteroatoms. The summed E-state index contributed by atoms with van der Waals surface area (Å²) >= 11 is 0. The van der Waals surface area contributed by atoms with Crippen LogP contribution in [-0.4, -0.2) is 19.3 Å². The summed E-state index contributed by atoms with van der Waals surface area (Å²) < 4.78 is 29.4. The molecule has 0 amide bonds. The SMILES string of the molecule is CC1C2(C)CC3C(C)(C2)C1(C)OS3(=O)=O. The molecule has 1 heterocycles. The molecule has 3 nitrogen and oxygen atoms in total. The summed E-state index contributed by atoms with van der Waals surface area (Å²) in [6.45, 7) is 8.43. The van der Waals surface area contributed by atoms with Crippen LogP contribution in [0.5, 0.6) is 0 Å². The highest BCUT2D eigenvalue weighted by atomic mass is 32.2. The van der Waals surface area contributed by atoms with Crippen LogP contribution in [0.25, 0.3) is 0 Å². The van der Waals surface area contributed by atoms with E-state index in [0.29, 0.717) is 5.92 Å². The summed E-state index contributed by atoms with van der Waals surface area (Å²) in [5.74, 6) is 0.323. The first-order valence-corrected chi connectivity index (χ1v) is 7.07. The minimum Gasteiger partial charge on any atom is -0.263 e. The molecule has 0 N–H and O–H groups in total. The summed E-state index contributed by atoms with van der Waals surface area (Å²) in [7, 11) is -3.32. The lowest BCUT2D eigenvalue weighted by molar-refractivity contribution is -0.0295. The minimum absolute atomic E-state index is 0.151. The lowest BCUT2D eigenvalue weighted by Gasteiger charge is -2.41. The zero-order valence-corrected chi connectivity index (χ0v) is 10.5. The monoisotopic (exact) mass is 230 g/mol. The highest BCUT2D eigenvalue weighted by Crippen LogP contribution is 2.74. The van der Waals surface area contributed by atoms with Gasteiger partial charge in [0.2, 0.25) is 0 Å². The Labute approximate surface area is 91.3 Å². The van der Waals surface area contributed by atoms with E-state index in [0.717, 1.165) is 12.8 Å². The summed E-state index contributed by atoms with van der Waals surface area (Å²) in [5.41, 5.74) is -0.485. The van der Waals surface area contributed by atoms with Crippen LogP contribution in [0.3, 0.4) is 0 Å². The van der Waals surface area contributed by atoms with Crippen molar-refractivity contribution in [2.45, 2.75) is 51.4 Å². The molecule has 0 radical (unpaired) electrons. The molecule has 2 bridgehead atoms. The largest absolute Gasteiger partial charge is 0.271 e. The van der Waals surface area contributed by atoms with Crippen molar-refractivity contribution in [2.24, 2.45) is 16.7 Å². The average molecular weight is 230 g/mol. The highest BCUT2D eigenvalue weighted by molar-refractivity contribution is 7.87. The second kappa shape index (κ2) is 2.14. The van der Waals surface area contributed by atoms with Crippen LogP contribution < -0.4 is 0 Å². The molecule has 0 aromatic rings. The fourth-order valence-corrected chi connectivity index (χ4v) is 7.02. The molecule has 2 aliphatic carbocycles. The van der Waals surface area contributed by atoms with Gasteiger partial charge in [0.15, 0.2) is 0 Å². The van der Waals surface area contributed by atoms with Gasteiger partial charge in [-0.05, 0) is 31.1 Å². The number of hydrogen-bond donors (Lipinski definition) is 0. The van der Waals surface area contributed by atoms with Crippen molar-refractivity contribution in [3.63, 3.8) is 0 Å². The summed E-state index contributed by atoms with van der Waals surface area (Å²) in [5, 5.41) is -0.267. The van der Waals surface area contributed by atoms with Gasteiger partial charge in [0.1, 0.15) is 0 Å². The van der Waals surface area contributed by atoms with E-state index in [-0.39, 0.29) is 16.1 Å². The fraction of sp³-hybridized carbons (Fsp3) is 1.00. The van der Waals surface area contributed by atoms with Crippen LogP contribution in [0.2, 0.25) is 0 Å². The Morgan fingerprint density at radius 3 is 2.33 bits per heavy atom. The van der Waals surface area contributed by atoms with E-state index in [2.05, 4.69) is 20.8 Å². The third-order valence-electron chi connectivity index (χ3n) is 5.78. The molecular weight excluding hydrogens is 212 g/mol. The van der Waals surface area contributed by atoms with E-state index in [1.54, 1.807) is 0 Å². The molecule has 15 heavy (non-hydrogen) atoms. The number of hydrogen-bond acceptors (Lipinski definition) is 3. The standard InChI is InChI=1S/C11H18O3S/c1-7-9(2)5-8-10(3,6-9)11(7,4)14-15(8,12)13/h7-8H,5-6H2,1-4H3. The molecule has 5 atom stereocenters. The second-order valence-corrected chi connectivity index (χ2v) is 8.07. The molecule has 5 unspecified atom stereocenters. The second-order valence-electron chi connectivity index (χ2n) is 6.35. The van der Waals surface area contributed by atoms with E-state index >= 15 is 0 Å². The zero-order chi connectivity index (χ0) is 11.3. The smallest absolute Gasteiger partial charge is 0.263 e. The number of rotatable bonds is 0.